The van der Waals surface area contributed by atoms with Crippen molar-refractivity contribution in [1.29, 1.82) is 0 Å². The van der Waals surface area contributed by atoms with Gasteiger partial charge in [-0.25, -0.2) is 4.79 Å². The summed E-state index contributed by atoms with van der Waals surface area (Å²) in [7, 11) is 0. The summed E-state index contributed by atoms with van der Waals surface area (Å²) in [6.07, 6.45) is 2.61. The lowest BCUT2D eigenvalue weighted by atomic mass is 10.2. The SMILES string of the molecule is CC(CN1CCCC1)NCCOc1ccccc1C(=O)O. The van der Waals surface area contributed by atoms with Crippen molar-refractivity contribution in [1.82, 2.24) is 10.2 Å². The van der Waals surface area contributed by atoms with E-state index in [0.29, 0.717) is 24.9 Å². The molecule has 1 unspecified atom stereocenters. The summed E-state index contributed by atoms with van der Waals surface area (Å²) >= 11 is 0. The molecule has 1 aromatic rings. The first kappa shape index (κ1) is 15.8. The van der Waals surface area contributed by atoms with Crippen molar-refractivity contribution in [3.05, 3.63) is 29.8 Å². The molecule has 1 atom stereocenters. The highest BCUT2D eigenvalue weighted by molar-refractivity contribution is 5.90. The Balaban J connectivity index is 1.68. The highest BCUT2D eigenvalue weighted by atomic mass is 16.5. The molecular formula is C16H24N2O3. The Bertz CT molecular complexity index is 459. The van der Waals surface area contributed by atoms with Crippen molar-refractivity contribution in [3.8, 4) is 5.75 Å². The Kier molecular flexibility index (Phi) is 6.02. The van der Waals surface area contributed by atoms with E-state index >= 15 is 0 Å². The van der Waals surface area contributed by atoms with Crippen LogP contribution in [0.2, 0.25) is 0 Å². The molecule has 1 fully saturated rings. The monoisotopic (exact) mass is 292 g/mol. The molecule has 2 N–H and O–H groups in total. The molecule has 1 aromatic carbocycles. The molecule has 116 valence electrons. The van der Waals surface area contributed by atoms with Crippen LogP contribution in [0.4, 0.5) is 0 Å². The number of benzene rings is 1. The van der Waals surface area contributed by atoms with Gasteiger partial charge in [0, 0.05) is 19.1 Å². The first-order chi connectivity index (χ1) is 10.2. The number of rotatable bonds is 8. The van der Waals surface area contributed by atoms with Gasteiger partial charge < -0.3 is 20.1 Å². The second kappa shape index (κ2) is 8.00. The second-order valence-corrected chi connectivity index (χ2v) is 5.51. The first-order valence-corrected chi connectivity index (χ1v) is 7.57. The zero-order valence-corrected chi connectivity index (χ0v) is 12.5. The third-order valence-electron chi connectivity index (χ3n) is 3.70. The van der Waals surface area contributed by atoms with Gasteiger partial charge in [0.1, 0.15) is 17.9 Å². The van der Waals surface area contributed by atoms with E-state index in [0.717, 1.165) is 6.54 Å². The molecule has 5 heteroatoms. The fourth-order valence-electron chi connectivity index (χ4n) is 2.65. The number of ether oxygens (including phenoxy) is 1. The second-order valence-electron chi connectivity index (χ2n) is 5.51. The van der Waals surface area contributed by atoms with Crippen molar-refractivity contribution in [3.63, 3.8) is 0 Å². The van der Waals surface area contributed by atoms with Crippen molar-refractivity contribution in [2.75, 3.05) is 32.8 Å². The molecule has 5 nitrogen and oxygen atoms in total. The van der Waals surface area contributed by atoms with Gasteiger partial charge in [0.15, 0.2) is 0 Å². The minimum atomic E-state index is -0.957. The molecule has 0 spiro atoms. The number of hydrogen-bond donors (Lipinski definition) is 2. The molecule has 1 saturated heterocycles. The average molecular weight is 292 g/mol. The van der Waals surface area contributed by atoms with Gasteiger partial charge in [-0.2, -0.15) is 0 Å². The quantitative estimate of drug-likeness (QED) is 0.716. The number of nitrogens with zero attached hydrogens (tertiary/aromatic N) is 1. The van der Waals surface area contributed by atoms with E-state index in [4.69, 9.17) is 9.84 Å². The maximum atomic E-state index is 11.1. The third-order valence-corrected chi connectivity index (χ3v) is 3.70. The largest absolute Gasteiger partial charge is 0.491 e. The summed E-state index contributed by atoms with van der Waals surface area (Å²) in [5.74, 6) is -0.528. The van der Waals surface area contributed by atoms with Crippen LogP contribution in [0.15, 0.2) is 24.3 Å². The molecule has 21 heavy (non-hydrogen) atoms. The minimum Gasteiger partial charge on any atom is -0.491 e. The lowest BCUT2D eigenvalue weighted by molar-refractivity contribution is 0.0692. The van der Waals surface area contributed by atoms with E-state index in [-0.39, 0.29) is 5.56 Å². The highest BCUT2D eigenvalue weighted by Crippen LogP contribution is 2.17. The van der Waals surface area contributed by atoms with Gasteiger partial charge in [0.2, 0.25) is 0 Å². The first-order valence-electron chi connectivity index (χ1n) is 7.57. The molecule has 1 heterocycles. The molecule has 0 aliphatic carbocycles. The zero-order valence-electron chi connectivity index (χ0n) is 12.5. The Hall–Kier alpha value is -1.59. The molecule has 0 radical (unpaired) electrons. The molecule has 0 bridgehead atoms. The van der Waals surface area contributed by atoms with Crippen LogP contribution in [0.25, 0.3) is 0 Å². The molecule has 1 aliphatic rings. The van der Waals surface area contributed by atoms with E-state index in [2.05, 4.69) is 17.1 Å². The fraction of sp³-hybridized carbons (Fsp3) is 0.562. The molecule has 0 amide bonds. The summed E-state index contributed by atoms with van der Waals surface area (Å²) in [4.78, 5) is 13.5. The van der Waals surface area contributed by atoms with Crippen LogP contribution in [0.5, 0.6) is 5.75 Å². The van der Waals surface area contributed by atoms with Gasteiger partial charge in [0.05, 0.1) is 0 Å². The number of likely N-dealkylation sites (tertiary alicyclic amines) is 1. The van der Waals surface area contributed by atoms with Crippen LogP contribution in [-0.2, 0) is 0 Å². The number of aromatic carboxylic acids is 1. The predicted octanol–water partition coefficient (Wildman–Crippen LogP) is 1.84. The smallest absolute Gasteiger partial charge is 0.339 e. The number of hydrogen-bond acceptors (Lipinski definition) is 4. The van der Waals surface area contributed by atoms with Crippen molar-refractivity contribution in [2.24, 2.45) is 0 Å². The van der Waals surface area contributed by atoms with Gasteiger partial charge in [-0.05, 0) is 45.0 Å². The summed E-state index contributed by atoms with van der Waals surface area (Å²) in [6, 6.07) is 7.15. The summed E-state index contributed by atoms with van der Waals surface area (Å²) in [5, 5.41) is 12.5. The Labute approximate surface area is 125 Å². The number of carboxylic acids is 1. The fourth-order valence-corrected chi connectivity index (χ4v) is 2.65. The van der Waals surface area contributed by atoms with Crippen molar-refractivity contribution >= 4 is 5.97 Å². The molecule has 0 saturated carbocycles. The van der Waals surface area contributed by atoms with Crippen LogP contribution in [0.1, 0.15) is 30.1 Å². The molecule has 0 aromatic heterocycles. The highest BCUT2D eigenvalue weighted by Gasteiger charge is 2.14. The number of nitrogens with one attached hydrogen (secondary N) is 1. The zero-order chi connectivity index (χ0) is 15.1. The summed E-state index contributed by atoms with van der Waals surface area (Å²) in [6.45, 7) is 6.82. The van der Waals surface area contributed by atoms with Gasteiger partial charge in [-0.15, -0.1) is 0 Å². The lowest BCUT2D eigenvalue weighted by Crippen LogP contribution is -2.39. The average Bonchev–Trinajstić information content (AvgIpc) is 2.96. The topological polar surface area (TPSA) is 61.8 Å². The van der Waals surface area contributed by atoms with Crippen LogP contribution < -0.4 is 10.1 Å². The Morgan fingerprint density at radius 3 is 2.81 bits per heavy atom. The predicted molar refractivity (Wildman–Crippen MR) is 82.0 cm³/mol. The van der Waals surface area contributed by atoms with E-state index in [1.807, 2.05) is 0 Å². The standard InChI is InChI=1S/C16H24N2O3/c1-13(12-18-9-4-5-10-18)17-8-11-21-15-7-3-2-6-14(15)16(19)20/h2-3,6-7,13,17H,4-5,8-12H2,1H3,(H,19,20). The molecule has 2 rings (SSSR count). The normalized spacial score (nSPS) is 16.8. The van der Waals surface area contributed by atoms with Crippen molar-refractivity contribution < 1.29 is 14.6 Å². The summed E-state index contributed by atoms with van der Waals surface area (Å²) in [5.41, 5.74) is 0.211. The van der Waals surface area contributed by atoms with E-state index in [9.17, 15) is 4.79 Å². The maximum Gasteiger partial charge on any atom is 0.339 e. The van der Waals surface area contributed by atoms with Gasteiger partial charge in [-0.1, -0.05) is 12.1 Å². The van der Waals surface area contributed by atoms with Crippen LogP contribution >= 0.6 is 0 Å². The number of carbonyl (C=O) groups is 1. The van der Waals surface area contributed by atoms with Crippen molar-refractivity contribution in [2.45, 2.75) is 25.8 Å². The minimum absolute atomic E-state index is 0.211. The van der Waals surface area contributed by atoms with Gasteiger partial charge >= 0.3 is 5.97 Å². The molecule has 1 aliphatic heterocycles. The lowest BCUT2D eigenvalue weighted by Gasteiger charge is -2.21. The summed E-state index contributed by atoms with van der Waals surface area (Å²) < 4.78 is 5.56. The van der Waals surface area contributed by atoms with Crippen LogP contribution in [0.3, 0.4) is 0 Å². The number of carboxylic acid groups (broad SMARTS) is 1. The Morgan fingerprint density at radius 1 is 1.38 bits per heavy atom. The van der Waals surface area contributed by atoms with E-state index < -0.39 is 5.97 Å². The Morgan fingerprint density at radius 2 is 2.10 bits per heavy atom. The van der Waals surface area contributed by atoms with Gasteiger partial charge in [0.25, 0.3) is 0 Å². The maximum absolute atomic E-state index is 11.1. The van der Waals surface area contributed by atoms with E-state index in [1.54, 1.807) is 24.3 Å². The number of para-hydroxylation sites is 1. The third kappa shape index (κ3) is 5.02. The van der Waals surface area contributed by atoms with Gasteiger partial charge in [-0.3, -0.25) is 0 Å². The van der Waals surface area contributed by atoms with Crippen LogP contribution in [0, 0.1) is 0 Å². The van der Waals surface area contributed by atoms with Crippen LogP contribution in [-0.4, -0.2) is 54.8 Å². The van der Waals surface area contributed by atoms with E-state index in [1.165, 1.54) is 25.9 Å². The molecular weight excluding hydrogens is 268 g/mol.